The average molecular weight is 534 g/mol. The molecule has 2 aromatic carbocycles. The average Bonchev–Trinajstić information content (AvgIpc) is 2.85. The number of nitrogens with zero attached hydrogens (tertiary/aromatic N) is 2. The summed E-state index contributed by atoms with van der Waals surface area (Å²) in [4.78, 5) is 28.7. The number of carbonyl (C=O) groups excluding carboxylic acids is 2. The van der Waals surface area contributed by atoms with Crippen LogP contribution < -0.4 is 9.62 Å². The molecule has 0 spiro atoms. The molecule has 2 amide bonds. The molecule has 1 aliphatic rings. The summed E-state index contributed by atoms with van der Waals surface area (Å²) < 4.78 is 26.6. The van der Waals surface area contributed by atoms with Gasteiger partial charge >= 0.3 is 0 Å². The zero-order chi connectivity index (χ0) is 26.3. The monoisotopic (exact) mass is 533 g/mol. The molecule has 1 fully saturated rings. The number of carbonyl (C=O) groups is 2. The van der Waals surface area contributed by atoms with Crippen LogP contribution in [0.4, 0.5) is 5.69 Å². The molecule has 0 radical (unpaired) electrons. The first-order valence-corrected chi connectivity index (χ1v) is 14.7. The van der Waals surface area contributed by atoms with Crippen LogP contribution >= 0.6 is 11.6 Å². The Morgan fingerprint density at radius 3 is 2.33 bits per heavy atom. The largest absolute Gasteiger partial charge is 0.352 e. The number of rotatable bonds is 10. The predicted molar refractivity (Wildman–Crippen MR) is 144 cm³/mol. The first-order valence-electron chi connectivity index (χ1n) is 12.5. The number of halogens is 1. The molecule has 36 heavy (non-hydrogen) atoms. The van der Waals surface area contributed by atoms with Crippen molar-refractivity contribution in [2.45, 2.75) is 71.0 Å². The van der Waals surface area contributed by atoms with Crippen LogP contribution in [0.5, 0.6) is 0 Å². The minimum absolute atomic E-state index is 0.107. The van der Waals surface area contributed by atoms with Crippen molar-refractivity contribution >= 4 is 39.1 Å². The SMILES string of the molecule is CCC(C(=O)NC1CCCCC1)N(Cc1ccccc1)C(=O)CN(c1cccc(Cl)c1C)S(C)(=O)=O. The van der Waals surface area contributed by atoms with Crippen molar-refractivity contribution in [3.05, 3.63) is 64.7 Å². The summed E-state index contributed by atoms with van der Waals surface area (Å²) in [5.74, 6) is -0.646. The first kappa shape index (κ1) is 28.0. The molecule has 7 nitrogen and oxygen atoms in total. The van der Waals surface area contributed by atoms with Crippen LogP contribution in [-0.4, -0.2) is 50.0 Å². The lowest BCUT2D eigenvalue weighted by Gasteiger charge is -2.34. The molecule has 1 aliphatic carbocycles. The van der Waals surface area contributed by atoms with Crippen LogP contribution in [0.25, 0.3) is 0 Å². The molecule has 3 rings (SSSR count). The van der Waals surface area contributed by atoms with Gasteiger partial charge in [0.05, 0.1) is 11.9 Å². The highest BCUT2D eigenvalue weighted by Crippen LogP contribution is 2.28. The highest BCUT2D eigenvalue weighted by Gasteiger charge is 2.33. The van der Waals surface area contributed by atoms with Crippen LogP contribution in [0.2, 0.25) is 5.02 Å². The third kappa shape index (κ3) is 7.23. The maximum atomic E-state index is 13.8. The minimum Gasteiger partial charge on any atom is -0.352 e. The summed E-state index contributed by atoms with van der Waals surface area (Å²) in [6.45, 7) is 3.35. The van der Waals surface area contributed by atoms with Gasteiger partial charge in [0.1, 0.15) is 12.6 Å². The molecule has 0 aromatic heterocycles. The van der Waals surface area contributed by atoms with Crippen LogP contribution in [0.1, 0.15) is 56.6 Å². The van der Waals surface area contributed by atoms with Gasteiger partial charge in [-0.3, -0.25) is 13.9 Å². The van der Waals surface area contributed by atoms with E-state index in [0.29, 0.717) is 22.7 Å². The molecule has 2 aromatic rings. The molecule has 196 valence electrons. The van der Waals surface area contributed by atoms with Gasteiger partial charge in [0.2, 0.25) is 21.8 Å². The van der Waals surface area contributed by atoms with Crippen molar-refractivity contribution < 1.29 is 18.0 Å². The van der Waals surface area contributed by atoms with E-state index in [9.17, 15) is 18.0 Å². The lowest BCUT2D eigenvalue weighted by atomic mass is 9.95. The van der Waals surface area contributed by atoms with Crippen molar-refractivity contribution in [3.63, 3.8) is 0 Å². The maximum Gasteiger partial charge on any atom is 0.244 e. The second kappa shape index (κ2) is 12.6. The summed E-state index contributed by atoms with van der Waals surface area (Å²) >= 11 is 6.25. The van der Waals surface area contributed by atoms with Crippen molar-refractivity contribution in [3.8, 4) is 0 Å². The molecule has 0 saturated heterocycles. The highest BCUT2D eigenvalue weighted by molar-refractivity contribution is 7.92. The fourth-order valence-corrected chi connectivity index (χ4v) is 5.77. The van der Waals surface area contributed by atoms with Gasteiger partial charge in [-0.25, -0.2) is 8.42 Å². The van der Waals surface area contributed by atoms with E-state index in [4.69, 9.17) is 11.6 Å². The number of anilines is 1. The summed E-state index contributed by atoms with van der Waals surface area (Å²) in [7, 11) is -3.81. The second-order valence-electron chi connectivity index (χ2n) is 9.43. The molecule has 0 bridgehead atoms. The Balaban J connectivity index is 1.92. The van der Waals surface area contributed by atoms with E-state index in [1.807, 2.05) is 37.3 Å². The Hall–Kier alpha value is -2.58. The van der Waals surface area contributed by atoms with Gasteiger partial charge < -0.3 is 10.2 Å². The Bertz CT molecular complexity index is 1150. The number of amides is 2. The Morgan fingerprint density at radius 2 is 1.72 bits per heavy atom. The van der Waals surface area contributed by atoms with Crippen molar-refractivity contribution in [1.82, 2.24) is 10.2 Å². The normalized spacial score (nSPS) is 15.2. The van der Waals surface area contributed by atoms with Gasteiger partial charge in [0.15, 0.2) is 0 Å². The van der Waals surface area contributed by atoms with Gasteiger partial charge in [-0.05, 0) is 49.4 Å². The van der Waals surface area contributed by atoms with Crippen molar-refractivity contribution in [2.75, 3.05) is 17.1 Å². The van der Waals surface area contributed by atoms with E-state index >= 15 is 0 Å². The molecule has 1 unspecified atom stereocenters. The third-order valence-corrected chi connectivity index (χ3v) is 8.26. The Kier molecular flexibility index (Phi) is 9.79. The van der Waals surface area contributed by atoms with Gasteiger partial charge in [-0.2, -0.15) is 0 Å². The number of hydrogen-bond donors (Lipinski definition) is 1. The van der Waals surface area contributed by atoms with Gasteiger partial charge in [-0.1, -0.05) is 74.2 Å². The van der Waals surface area contributed by atoms with E-state index < -0.39 is 28.5 Å². The molecular weight excluding hydrogens is 498 g/mol. The molecule has 9 heteroatoms. The third-order valence-electron chi connectivity index (χ3n) is 6.72. The standard InChI is InChI=1S/C27H36ClN3O4S/c1-4-24(27(33)29-22-14-9-6-10-15-22)30(18-21-12-7-5-8-13-21)26(32)19-31(36(3,34)35)25-17-11-16-23(28)20(25)2/h5,7-8,11-13,16-17,22,24H,4,6,9-10,14-15,18-19H2,1-3H3,(H,29,33). The fourth-order valence-electron chi connectivity index (χ4n) is 4.70. The maximum absolute atomic E-state index is 13.8. The van der Waals surface area contributed by atoms with Crippen LogP contribution in [0.3, 0.4) is 0 Å². The van der Waals surface area contributed by atoms with E-state index in [1.165, 1.54) is 11.3 Å². The number of sulfonamides is 1. The van der Waals surface area contributed by atoms with Crippen LogP contribution in [-0.2, 0) is 26.2 Å². The summed E-state index contributed by atoms with van der Waals surface area (Å²) in [5.41, 5.74) is 1.77. The van der Waals surface area contributed by atoms with Crippen LogP contribution in [0.15, 0.2) is 48.5 Å². The quantitative estimate of drug-likeness (QED) is 0.481. The topological polar surface area (TPSA) is 86.8 Å². The predicted octanol–water partition coefficient (Wildman–Crippen LogP) is 4.67. The number of hydrogen-bond acceptors (Lipinski definition) is 4. The summed E-state index contributed by atoms with van der Waals surface area (Å²) in [6.07, 6.45) is 6.68. The molecule has 0 aliphatic heterocycles. The van der Waals surface area contributed by atoms with E-state index in [-0.39, 0.29) is 18.5 Å². The highest BCUT2D eigenvalue weighted by atomic mass is 35.5. The zero-order valence-corrected chi connectivity index (χ0v) is 22.8. The molecule has 1 N–H and O–H groups in total. The van der Waals surface area contributed by atoms with Gasteiger partial charge in [-0.15, -0.1) is 0 Å². The first-order chi connectivity index (χ1) is 17.1. The summed E-state index contributed by atoms with van der Waals surface area (Å²) in [5, 5.41) is 3.55. The Labute approximate surface area is 219 Å². The minimum atomic E-state index is -3.81. The van der Waals surface area contributed by atoms with E-state index in [0.717, 1.165) is 41.8 Å². The lowest BCUT2D eigenvalue weighted by molar-refractivity contribution is -0.140. The van der Waals surface area contributed by atoms with E-state index in [1.54, 1.807) is 25.1 Å². The Morgan fingerprint density at radius 1 is 1.06 bits per heavy atom. The van der Waals surface area contributed by atoms with Crippen molar-refractivity contribution in [2.24, 2.45) is 0 Å². The van der Waals surface area contributed by atoms with E-state index in [2.05, 4.69) is 5.32 Å². The molecule has 0 heterocycles. The van der Waals surface area contributed by atoms with Gasteiger partial charge in [0, 0.05) is 17.6 Å². The second-order valence-corrected chi connectivity index (χ2v) is 11.7. The number of benzene rings is 2. The van der Waals surface area contributed by atoms with Gasteiger partial charge in [0.25, 0.3) is 0 Å². The smallest absolute Gasteiger partial charge is 0.244 e. The molecular formula is C27H36ClN3O4S. The molecule has 1 atom stereocenters. The van der Waals surface area contributed by atoms with Crippen LogP contribution in [0, 0.1) is 6.92 Å². The molecule has 1 saturated carbocycles. The summed E-state index contributed by atoms with van der Waals surface area (Å²) in [6, 6.07) is 13.8. The fraction of sp³-hybridized carbons (Fsp3) is 0.481. The number of nitrogens with one attached hydrogen (secondary N) is 1. The lowest BCUT2D eigenvalue weighted by Crippen LogP contribution is -2.54. The van der Waals surface area contributed by atoms with Crippen molar-refractivity contribution in [1.29, 1.82) is 0 Å². The zero-order valence-electron chi connectivity index (χ0n) is 21.2.